The minimum absolute atomic E-state index is 0.0799. The molecule has 0 radical (unpaired) electrons. The first kappa shape index (κ1) is 23.7. The zero-order valence-corrected chi connectivity index (χ0v) is 21.2. The van der Waals surface area contributed by atoms with Gasteiger partial charge in [-0.15, -0.1) is 0 Å². The maximum absolute atomic E-state index is 13.2. The molecule has 5 rings (SSSR count). The Morgan fingerprint density at radius 2 is 1.83 bits per heavy atom. The molecule has 0 N–H and O–H groups in total. The summed E-state index contributed by atoms with van der Waals surface area (Å²) in [6, 6.07) is 12.7. The molecule has 1 aliphatic heterocycles. The molecule has 3 aromatic rings. The fourth-order valence-electron chi connectivity index (χ4n) is 5.48. The number of carbonyl (C=O) groups excluding carboxylic acids is 1. The summed E-state index contributed by atoms with van der Waals surface area (Å²) in [4.78, 5) is 17.6. The number of hydrogen-bond donors (Lipinski definition) is 0. The number of piperazine rings is 1. The number of amides is 1. The molecule has 0 bridgehead atoms. The first-order valence-corrected chi connectivity index (χ1v) is 13.0. The molecule has 1 aromatic heterocycles. The van der Waals surface area contributed by atoms with Gasteiger partial charge in [-0.3, -0.25) is 9.69 Å². The standard InChI is InChI=1S/C30H36N2O3/c1-4-34-29-22(3)30-26(24-12-8-9-13-27(24)35-30)19-25(29)21(2)18-28(33)32-16-14-31(15-17-32)20-23-10-6-5-7-11-23/h5-7,10-11,18-19H,4,8-9,12-17,20H2,1-3H3/b21-18+. The van der Waals surface area contributed by atoms with Gasteiger partial charge in [0.05, 0.1) is 6.61 Å². The van der Waals surface area contributed by atoms with Gasteiger partial charge in [-0.2, -0.15) is 0 Å². The van der Waals surface area contributed by atoms with Gasteiger partial charge in [-0.05, 0) is 57.2 Å². The number of rotatable bonds is 6. The number of hydrogen-bond acceptors (Lipinski definition) is 4. The van der Waals surface area contributed by atoms with E-state index in [1.54, 1.807) is 6.08 Å². The molecule has 0 unspecified atom stereocenters. The number of allylic oxidation sites excluding steroid dienone is 1. The fraction of sp³-hybridized carbons (Fsp3) is 0.433. The van der Waals surface area contributed by atoms with Crippen LogP contribution in [-0.4, -0.2) is 48.5 Å². The topological polar surface area (TPSA) is 45.9 Å². The molecule has 0 saturated carbocycles. The maximum atomic E-state index is 13.2. The smallest absolute Gasteiger partial charge is 0.246 e. The van der Waals surface area contributed by atoms with Gasteiger partial charge in [-0.1, -0.05) is 30.3 Å². The molecule has 184 valence electrons. The van der Waals surface area contributed by atoms with Crippen molar-refractivity contribution < 1.29 is 13.9 Å². The van der Waals surface area contributed by atoms with Gasteiger partial charge in [-0.25, -0.2) is 0 Å². The molecule has 1 aliphatic carbocycles. The summed E-state index contributed by atoms with van der Waals surface area (Å²) in [6.45, 7) is 10.9. The quantitative estimate of drug-likeness (QED) is 0.428. The summed E-state index contributed by atoms with van der Waals surface area (Å²) in [6.07, 6.45) is 6.24. The second kappa shape index (κ2) is 10.3. The lowest BCUT2D eigenvalue weighted by molar-refractivity contribution is -0.127. The summed E-state index contributed by atoms with van der Waals surface area (Å²) in [7, 11) is 0. The largest absolute Gasteiger partial charge is 0.493 e. The second-order valence-electron chi connectivity index (χ2n) is 9.81. The summed E-state index contributed by atoms with van der Waals surface area (Å²) in [5.41, 5.74) is 6.58. The van der Waals surface area contributed by atoms with E-state index < -0.39 is 0 Å². The Morgan fingerprint density at radius 3 is 2.57 bits per heavy atom. The van der Waals surface area contributed by atoms with E-state index in [-0.39, 0.29) is 5.91 Å². The number of furan rings is 1. The van der Waals surface area contributed by atoms with Crippen molar-refractivity contribution in [2.24, 2.45) is 0 Å². The van der Waals surface area contributed by atoms with E-state index in [9.17, 15) is 4.79 Å². The average molecular weight is 473 g/mol. The number of aryl methyl sites for hydroxylation is 3. The summed E-state index contributed by atoms with van der Waals surface area (Å²) in [5.74, 6) is 2.04. The van der Waals surface area contributed by atoms with Crippen LogP contribution in [-0.2, 0) is 24.2 Å². The number of fused-ring (bicyclic) bond motifs is 3. The van der Waals surface area contributed by atoms with Gasteiger partial charge in [0.25, 0.3) is 0 Å². The molecule has 1 saturated heterocycles. The number of ether oxygens (including phenoxy) is 1. The minimum atomic E-state index is 0.0799. The van der Waals surface area contributed by atoms with Crippen LogP contribution in [0.3, 0.4) is 0 Å². The molecule has 2 aliphatic rings. The molecule has 2 aromatic carbocycles. The van der Waals surface area contributed by atoms with Crippen LogP contribution in [0.2, 0.25) is 0 Å². The number of carbonyl (C=O) groups is 1. The molecule has 5 nitrogen and oxygen atoms in total. The first-order chi connectivity index (χ1) is 17.0. The van der Waals surface area contributed by atoms with Crippen LogP contribution in [0.4, 0.5) is 0 Å². The molecule has 2 heterocycles. The Balaban J connectivity index is 1.35. The highest BCUT2D eigenvalue weighted by atomic mass is 16.5. The van der Waals surface area contributed by atoms with Gasteiger partial charge >= 0.3 is 0 Å². The monoisotopic (exact) mass is 472 g/mol. The Bertz CT molecular complexity index is 1230. The van der Waals surface area contributed by atoms with Gasteiger partial charge in [0.2, 0.25) is 5.91 Å². The Labute approximate surface area is 208 Å². The van der Waals surface area contributed by atoms with E-state index in [0.717, 1.165) is 79.4 Å². The van der Waals surface area contributed by atoms with Crippen LogP contribution in [0.25, 0.3) is 16.5 Å². The lowest BCUT2D eigenvalue weighted by atomic mass is 9.93. The fourth-order valence-corrected chi connectivity index (χ4v) is 5.48. The highest BCUT2D eigenvalue weighted by molar-refractivity contribution is 5.98. The zero-order valence-electron chi connectivity index (χ0n) is 21.2. The van der Waals surface area contributed by atoms with Crippen LogP contribution in [0.15, 0.2) is 46.9 Å². The Morgan fingerprint density at radius 1 is 1.09 bits per heavy atom. The van der Waals surface area contributed by atoms with E-state index in [0.29, 0.717) is 6.61 Å². The van der Waals surface area contributed by atoms with Crippen molar-refractivity contribution in [1.29, 1.82) is 0 Å². The second-order valence-corrected chi connectivity index (χ2v) is 9.81. The van der Waals surface area contributed by atoms with Gasteiger partial charge in [0.15, 0.2) is 0 Å². The van der Waals surface area contributed by atoms with E-state index in [2.05, 4.69) is 42.2 Å². The van der Waals surface area contributed by atoms with Crippen LogP contribution in [0, 0.1) is 6.92 Å². The highest BCUT2D eigenvalue weighted by Gasteiger charge is 2.24. The highest BCUT2D eigenvalue weighted by Crippen LogP contribution is 2.41. The Hall–Kier alpha value is -3.05. The Kier molecular flexibility index (Phi) is 6.96. The maximum Gasteiger partial charge on any atom is 0.246 e. The lowest BCUT2D eigenvalue weighted by Crippen LogP contribution is -2.47. The zero-order chi connectivity index (χ0) is 24.4. The third-order valence-corrected chi connectivity index (χ3v) is 7.41. The van der Waals surface area contributed by atoms with E-state index in [4.69, 9.17) is 9.15 Å². The molecule has 5 heteroatoms. The van der Waals surface area contributed by atoms with Crippen molar-refractivity contribution in [3.8, 4) is 5.75 Å². The van der Waals surface area contributed by atoms with E-state index >= 15 is 0 Å². The van der Waals surface area contributed by atoms with Crippen molar-refractivity contribution in [2.75, 3.05) is 32.8 Å². The van der Waals surface area contributed by atoms with Gasteiger partial charge in [0, 0.05) is 67.3 Å². The van der Waals surface area contributed by atoms with Gasteiger partial charge in [0.1, 0.15) is 17.1 Å². The number of nitrogens with zero attached hydrogens (tertiary/aromatic N) is 2. The van der Waals surface area contributed by atoms with Crippen LogP contribution in [0.5, 0.6) is 5.75 Å². The molecule has 1 fully saturated rings. The third kappa shape index (κ3) is 4.87. The SMILES string of the molecule is CCOc1c(/C(C)=C/C(=O)N2CCN(Cc3ccccc3)CC2)cc2c3c(oc2c1C)CCCC3. The van der Waals surface area contributed by atoms with Crippen LogP contribution >= 0.6 is 0 Å². The molecule has 0 atom stereocenters. The van der Waals surface area contributed by atoms with E-state index in [1.807, 2.05) is 24.8 Å². The van der Waals surface area contributed by atoms with Crippen molar-refractivity contribution >= 4 is 22.4 Å². The van der Waals surface area contributed by atoms with E-state index in [1.165, 1.54) is 29.4 Å². The molecule has 0 spiro atoms. The van der Waals surface area contributed by atoms with Crippen LogP contribution in [0.1, 0.15) is 54.7 Å². The predicted octanol–water partition coefficient (Wildman–Crippen LogP) is 5.77. The average Bonchev–Trinajstić information content (AvgIpc) is 3.26. The summed E-state index contributed by atoms with van der Waals surface area (Å²) < 4.78 is 12.4. The number of benzene rings is 2. The summed E-state index contributed by atoms with van der Waals surface area (Å²) >= 11 is 0. The predicted molar refractivity (Wildman–Crippen MR) is 141 cm³/mol. The molecule has 35 heavy (non-hydrogen) atoms. The third-order valence-electron chi connectivity index (χ3n) is 7.41. The van der Waals surface area contributed by atoms with Gasteiger partial charge < -0.3 is 14.1 Å². The minimum Gasteiger partial charge on any atom is -0.493 e. The van der Waals surface area contributed by atoms with Crippen molar-refractivity contribution in [1.82, 2.24) is 9.80 Å². The van der Waals surface area contributed by atoms with Crippen molar-refractivity contribution in [2.45, 2.75) is 53.0 Å². The summed E-state index contributed by atoms with van der Waals surface area (Å²) in [5, 5.41) is 1.19. The van der Waals surface area contributed by atoms with Crippen molar-refractivity contribution in [3.05, 3.63) is 70.5 Å². The first-order valence-electron chi connectivity index (χ1n) is 13.0. The normalized spacial score (nSPS) is 17.0. The molecular formula is C30H36N2O3. The molecule has 1 amide bonds. The molecular weight excluding hydrogens is 436 g/mol. The van der Waals surface area contributed by atoms with Crippen LogP contribution < -0.4 is 4.74 Å². The van der Waals surface area contributed by atoms with Crippen molar-refractivity contribution in [3.63, 3.8) is 0 Å². The lowest BCUT2D eigenvalue weighted by Gasteiger charge is -2.34.